The first-order valence-electron chi connectivity index (χ1n) is 8.75. The lowest BCUT2D eigenvalue weighted by Gasteiger charge is -2.34. The molecule has 0 aliphatic carbocycles. The van der Waals surface area contributed by atoms with E-state index < -0.39 is 6.10 Å². The lowest BCUT2D eigenvalue weighted by Crippen LogP contribution is -2.36. The lowest BCUT2D eigenvalue weighted by molar-refractivity contribution is 0.0475. The van der Waals surface area contributed by atoms with E-state index in [-0.39, 0.29) is 17.1 Å². The normalized spacial score (nSPS) is 25.0. The Bertz CT molecular complexity index is 716. The van der Waals surface area contributed by atoms with Crippen molar-refractivity contribution >= 4 is 0 Å². The number of phenolic OH excluding ortho intramolecular Hbond substituents is 1. The average molecular weight is 341 g/mol. The van der Waals surface area contributed by atoms with Crippen LogP contribution < -0.4 is 4.74 Å². The highest BCUT2D eigenvalue weighted by molar-refractivity contribution is 5.43. The summed E-state index contributed by atoms with van der Waals surface area (Å²) in [5.74, 6) is 0.768. The standard InChI is InChI=1S/C21H27NO3/c1-15(23)21(2)14-22(12-16-7-5-4-6-8-16)13-18(21)17-9-10-20(25-3)19(24)11-17/h4-11,15,18,23-24H,12-14H2,1-3H3/t15-,18?,21?/m1/s1. The number of phenols is 1. The van der Waals surface area contributed by atoms with Crippen molar-refractivity contribution in [3.63, 3.8) is 0 Å². The Kier molecular flexibility index (Phi) is 5.02. The molecule has 2 aromatic rings. The number of aliphatic hydroxyl groups excluding tert-OH is 1. The third-order valence-corrected chi connectivity index (χ3v) is 5.61. The van der Waals surface area contributed by atoms with Crippen molar-refractivity contribution < 1.29 is 14.9 Å². The molecule has 1 heterocycles. The molecule has 1 fully saturated rings. The molecular formula is C21H27NO3. The molecule has 1 aliphatic rings. The van der Waals surface area contributed by atoms with Crippen LogP contribution in [0.15, 0.2) is 48.5 Å². The molecule has 3 atom stereocenters. The van der Waals surface area contributed by atoms with Crippen LogP contribution >= 0.6 is 0 Å². The summed E-state index contributed by atoms with van der Waals surface area (Å²) in [5.41, 5.74) is 2.04. The van der Waals surface area contributed by atoms with E-state index in [2.05, 4.69) is 36.1 Å². The highest BCUT2D eigenvalue weighted by atomic mass is 16.5. The van der Waals surface area contributed by atoms with Gasteiger partial charge in [-0.05, 0) is 30.2 Å². The number of methoxy groups -OCH3 is 1. The smallest absolute Gasteiger partial charge is 0.160 e. The highest BCUT2D eigenvalue weighted by Gasteiger charge is 2.46. The second-order valence-electron chi connectivity index (χ2n) is 7.32. The fraction of sp³-hybridized carbons (Fsp3) is 0.429. The number of hydrogen-bond acceptors (Lipinski definition) is 4. The van der Waals surface area contributed by atoms with Crippen LogP contribution in [0.2, 0.25) is 0 Å². The van der Waals surface area contributed by atoms with Crippen LogP contribution in [0.25, 0.3) is 0 Å². The monoisotopic (exact) mass is 341 g/mol. The van der Waals surface area contributed by atoms with Gasteiger partial charge in [0.05, 0.1) is 13.2 Å². The van der Waals surface area contributed by atoms with E-state index in [1.54, 1.807) is 19.2 Å². The number of rotatable bonds is 5. The van der Waals surface area contributed by atoms with E-state index in [4.69, 9.17) is 4.74 Å². The molecule has 2 N–H and O–H groups in total. The van der Waals surface area contributed by atoms with Gasteiger partial charge in [-0.25, -0.2) is 0 Å². The van der Waals surface area contributed by atoms with E-state index in [0.717, 1.165) is 25.2 Å². The van der Waals surface area contributed by atoms with E-state index >= 15 is 0 Å². The molecular weight excluding hydrogens is 314 g/mol. The minimum Gasteiger partial charge on any atom is -0.504 e. The van der Waals surface area contributed by atoms with Gasteiger partial charge in [0, 0.05) is 31.0 Å². The summed E-state index contributed by atoms with van der Waals surface area (Å²) in [5, 5.41) is 20.6. The molecule has 0 amide bonds. The summed E-state index contributed by atoms with van der Waals surface area (Å²) in [7, 11) is 1.55. The van der Waals surface area contributed by atoms with Crippen LogP contribution in [-0.4, -0.2) is 41.4 Å². The van der Waals surface area contributed by atoms with Crippen LogP contribution in [0.4, 0.5) is 0 Å². The van der Waals surface area contributed by atoms with Gasteiger partial charge in [-0.3, -0.25) is 4.90 Å². The van der Waals surface area contributed by atoms with Gasteiger partial charge in [-0.1, -0.05) is 43.3 Å². The van der Waals surface area contributed by atoms with Crippen molar-refractivity contribution in [2.45, 2.75) is 32.4 Å². The number of likely N-dealkylation sites (tertiary alicyclic amines) is 1. The third-order valence-electron chi connectivity index (χ3n) is 5.61. The Labute approximate surface area is 149 Å². The van der Waals surface area contributed by atoms with Gasteiger partial charge in [0.15, 0.2) is 11.5 Å². The molecule has 4 heteroatoms. The topological polar surface area (TPSA) is 52.9 Å². The average Bonchev–Trinajstić information content (AvgIpc) is 2.93. The molecule has 134 valence electrons. The van der Waals surface area contributed by atoms with Crippen molar-refractivity contribution in [2.24, 2.45) is 5.41 Å². The highest BCUT2D eigenvalue weighted by Crippen LogP contribution is 2.46. The maximum absolute atomic E-state index is 10.5. The number of hydrogen-bond donors (Lipinski definition) is 2. The van der Waals surface area contributed by atoms with Gasteiger partial charge in [0.1, 0.15) is 0 Å². The molecule has 4 nitrogen and oxygen atoms in total. The first-order chi connectivity index (χ1) is 11.9. The zero-order chi connectivity index (χ0) is 18.0. The first-order valence-corrected chi connectivity index (χ1v) is 8.75. The van der Waals surface area contributed by atoms with Gasteiger partial charge in [-0.15, -0.1) is 0 Å². The predicted molar refractivity (Wildman–Crippen MR) is 98.9 cm³/mol. The molecule has 2 unspecified atom stereocenters. The molecule has 1 saturated heterocycles. The van der Waals surface area contributed by atoms with Gasteiger partial charge in [-0.2, -0.15) is 0 Å². The number of aliphatic hydroxyl groups is 1. The molecule has 2 aromatic carbocycles. The quantitative estimate of drug-likeness (QED) is 0.875. The van der Waals surface area contributed by atoms with Crippen molar-refractivity contribution in [3.8, 4) is 11.5 Å². The first kappa shape index (κ1) is 17.8. The summed E-state index contributed by atoms with van der Waals surface area (Å²) in [6.07, 6.45) is -0.442. The summed E-state index contributed by atoms with van der Waals surface area (Å²) in [4.78, 5) is 2.38. The van der Waals surface area contributed by atoms with E-state index in [1.807, 2.05) is 19.1 Å². The van der Waals surface area contributed by atoms with Crippen LogP contribution in [0, 0.1) is 5.41 Å². The van der Waals surface area contributed by atoms with E-state index in [0.29, 0.717) is 5.75 Å². The van der Waals surface area contributed by atoms with Gasteiger partial charge in [0.2, 0.25) is 0 Å². The zero-order valence-electron chi connectivity index (χ0n) is 15.1. The number of ether oxygens (including phenoxy) is 1. The van der Waals surface area contributed by atoms with E-state index in [1.165, 1.54) is 5.56 Å². The molecule has 3 rings (SSSR count). The number of nitrogens with zero attached hydrogens (tertiary/aromatic N) is 1. The molecule has 0 radical (unpaired) electrons. The second-order valence-corrected chi connectivity index (χ2v) is 7.32. The van der Waals surface area contributed by atoms with Crippen molar-refractivity contribution in [3.05, 3.63) is 59.7 Å². The minimum atomic E-state index is -0.442. The lowest BCUT2D eigenvalue weighted by atomic mass is 9.72. The molecule has 0 aromatic heterocycles. The van der Waals surface area contributed by atoms with Crippen molar-refractivity contribution in [1.82, 2.24) is 4.90 Å². The maximum Gasteiger partial charge on any atom is 0.160 e. The summed E-state index contributed by atoms with van der Waals surface area (Å²) in [6, 6.07) is 16.0. The summed E-state index contributed by atoms with van der Waals surface area (Å²) in [6.45, 7) is 6.53. The predicted octanol–water partition coefficient (Wildman–Crippen LogP) is 3.39. The Balaban J connectivity index is 1.87. The number of aromatic hydroxyl groups is 1. The Morgan fingerprint density at radius 2 is 1.96 bits per heavy atom. The van der Waals surface area contributed by atoms with Crippen LogP contribution in [-0.2, 0) is 6.54 Å². The molecule has 0 bridgehead atoms. The number of benzene rings is 2. The van der Waals surface area contributed by atoms with Crippen molar-refractivity contribution in [1.29, 1.82) is 0 Å². The zero-order valence-corrected chi connectivity index (χ0v) is 15.1. The van der Waals surface area contributed by atoms with E-state index in [9.17, 15) is 10.2 Å². The molecule has 1 aliphatic heterocycles. The van der Waals surface area contributed by atoms with Gasteiger partial charge >= 0.3 is 0 Å². The fourth-order valence-electron chi connectivity index (χ4n) is 3.92. The van der Waals surface area contributed by atoms with Crippen LogP contribution in [0.1, 0.15) is 30.9 Å². The molecule has 25 heavy (non-hydrogen) atoms. The molecule has 0 spiro atoms. The minimum absolute atomic E-state index is 0.146. The summed E-state index contributed by atoms with van der Waals surface area (Å²) < 4.78 is 5.15. The Hall–Kier alpha value is -2.04. The summed E-state index contributed by atoms with van der Waals surface area (Å²) >= 11 is 0. The Morgan fingerprint density at radius 3 is 2.56 bits per heavy atom. The van der Waals surface area contributed by atoms with Gasteiger partial charge < -0.3 is 14.9 Å². The fourth-order valence-corrected chi connectivity index (χ4v) is 3.92. The van der Waals surface area contributed by atoms with Crippen molar-refractivity contribution in [2.75, 3.05) is 20.2 Å². The largest absolute Gasteiger partial charge is 0.504 e. The SMILES string of the molecule is COc1ccc(C2CN(Cc3ccccc3)CC2(C)[C@@H](C)O)cc1O. The maximum atomic E-state index is 10.5. The van der Waals surface area contributed by atoms with Crippen LogP contribution in [0.5, 0.6) is 11.5 Å². The van der Waals surface area contributed by atoms with Crippen LogP contribution in [0.3, 0.4) is 0 Å². The Morgan fingerprint density at radius 1 is 1.24 bits per heavy atom. The second kappa shape index (κ2) is 7.06. The van der Waals surface area contributed by atoms with Gasteiger partial charge in [0.25, 0.3) is 0 Å². The molecule has 0 saturated carbocycles. The third kappa shape index (κ3) is 3.51.